The van der Waals surface area contributed by atoms with Crippen molar-refractivity contribution < 1.29 is 14.0 Å². The summed E-state index contributed by atoms with van der Waals surface area (Å²) in [5.41, 5.74) is 0.417. The van der Waals surface area contributed by atoms with E-state index in [0.29, 0.717) is 11.4 Å². The average molecular weight is 334 g/mol. The molecule has 4 rings (SSSR count). The highest BCUT2D eigenvalue weighted by atomic mass is 32.2. The number of hydrogen-bond acceptors (Lipinski definition) is 4. The Bertz CT molecular complexity index is 733. The Kier molecular flexibility index (Phi) is 3.19. The zero-order chi connectivity index (χ0) is 15.3. The van der Waals surface area contributed by atoms with Crippen LogP contribution in [0, 0.1) is 5.82 Å². The van der Waals surface area contributed by atoms with E-state index in [-0.39, 0.29) is 17.3 Å². The molecule has 3 amide bonds. The molecule has 0 bridgehead atoms. The number of imide groups is 1. The molecule has 2 saturated heterocycles. The molecule has 7 heteroatoms. The molecule has 0 spiro atoms. The molecule has 112 valence electrons. The number of thiophene rings is 1. The summed E-state index contributed by atoms with van der Waals surface area (Å²) in [6.07, 6.45) is 0. The maximum absolute atomic E-state index is 13.0. The summed E-state index contributed by atoms with van der Waals surface area (Å²) < 4.78 is 13.0. The van der Waals surface area contributed by atoms with E-state index < -0.39 is 11.9 Å². The van der Waals surface area contributed by atoms with E-state index in [1.165, 1.54) is 24.3 Å². The Morgan fingerprint density at radius 3 is 2.59 bits per heavy atom. The third-order valence-electron chi connectivity index (χ3n) is 3.79. The minimum atomic E-state index is -0.436. The van der Waals surface area contributed by atoms with Gasteiger partial charge in [-0.05, 0) is 35.7 Å². The van der Waals surface area contributed by atoms with Crippen molar-refractivity contribution in [3.63, 3.8) is 0 Å². The smallest absolute Gasteiger partial charge is 0.294 e. The highest BCUT2D eigenvalue weighted by Gasteiger charge is 2.53. The number of benzene rings is 1. The number of anilines is 1. The fraction of sp³-hybridized carbons (Fsp3) is 0.200. The van der Waals surface area contributed by atoms with E-state index in [1.807, 2.05) is 17.5 Å². The van der Waals surface area contributed by atoms with E-state index in [0.717, 1.165) is 9.78 Å². The van der Waals surface area contributed by atoms with Crippen molar-refractivity contribution in [2.24, 2.45) is 0 Å². The summed E-state index contributed by atoms with van der Waals surface area (Å²) in [6, 6.07) is 8.58. The molecule has 1 aromatic heterocycles. The van der Waals surface area contributed by atoms with Crippen LogP contribution in [0.15, 0.2) is 41.8 Å². The predicted molar refractivity (Wildman–Crippen MR) is 84.4 cm³/mol. The summed E-state index contributed by atoms with van der Waals surface area (Å²) in [5, 5.41) is 1.84. The maximum atomic E-state index is 13.0. The molecule has 4 nitrogen and oxygen atoms in total. The number of thioether (sulfide) groups is 1. The van der Waals surface area contributed by atoms with Crippen LogP contribution in [0.5, 0.6) is 0 Å². The molecule has 2 aliphatic rings. The quantitative estimate of drug-likeness (QED) is 0.790. The van der Waals surface area contributed by atoms with Gasteiger partial charge in [0, 0.05) is 10.6 Å². The number of amides is 3. The summed E-state index contributed by atoms with van der Waals surface area (Å²) in [7, 11) is 0. The fourth-order valence-electron chi connectivity index (χ4n) is 2.77. The summed E-state index contributed by atoms with van der Waals surface area (Å²) in [4.78, 5) is 29.1. The van der Waals surface area contributed by atoms with Crippen LogP contribution < -0.4 is 4.90 Å². The number of carbonyl (C=O) groups is 2. The average Bonchev–Trinajstić information content (AvgIpc) is 3.21. The van der Waals surface area contributed by atoms with Crippen LogP contribution in [0.4, 0.5) is 14.9 Å². The van der Waals surface area contributed by atoms with E-state index in [9.17, 15) is 14.0 Å². The lowest BCUT2D eigenvalue weighted by atomic mass is 10.2. The SMILES string of the molecule is O=C1C2CSC(c3cccs3)N2C(=O)N1c1ccc(F)cc1. The van der Waals surface area contributed by atoms with Crippen LogP contribution in [0.3, 0.4) is 0 Å². The number of fused-ring (bicyclic) bond motifs is 1. The van der Waals surface area contributed by atoms with Crippen molar-refractivity contribution in [2.75, 3.05) is 10.7 Å². The molecular weight excluding hydrogens is 323 g/mol. The van der Waals surface area contributed by atoms with Crippen molar-refractivity contribution in [2.45, 2.75) is 11.4 Å². The summed E-state index contributed by atoms with van der Waals surface area (Å²) in [5.74, 6) is -0.0382. The Morgan fingerprint density at radius 2 is 1.91 bits per heavy atom. The lowest BCUT2D eigenvalue weighted by Gasteiger charge is -2.21. The van der Waals surface area contributed by atoms with Crippen molar-refractivity contribution in [1.29, 1.82) is 0 Å². The van der Waals surface area contributed by atoms with E-state index in [1.54, 1.807) is 28.0 Å². The largest absolute Gasteiger partial charge is 0.333 e. The minimum absolute atomic E-state index is 0.119. The normalized spacial score (nSPS) is 24.2. The maximum Gasteiger partial charge on any atom is 0.333 e. The second-order valence-electron chi connectivity index (χ2n) is 5.06. The predicted octanol–water partition coefficient (Wildman–Crippen LogP) is 3.47. The molecule has 2 fully saturated rings. The van der Waals surface area contributed by atoms with Gasteiger partial charge in [0.2, 0.25) is 0 Å². The van der Waals surface area contributed by atoms with Crippen LogP contribution >= 0.6 is 23.1 Å². The van der Waals surface area contributed by atoms with Gasteiger partial charge in [0.05, 0.1) is 5.69 Å². The molecule has 2 atom stereocenters. The van der Waals surface area contributed by atoms with Gasteiger partial charge in [0.15, 0.2) is 0 Å². The van der Waals surface area contributed by atoms with Gasteiger partial charge in [0.1, 0.15) is 17.2 Å². The van der Waals surface area contributed by atoms with Gasteiger partial charge >= 0.3 is 6.03 Å². The minimum Gasteiger partial charge on any atom is -0.294 e. The second-order valence-corrected chi connectivity index (χ2v) is 7.15. The van der Waals surface area contributed by atoms with Crippen LogP contribution in [0.2, 0.25) is 0 Å². The molecule has 0 saturated carbocycles. The topological polar surface area (TPSA) is 40.6 Å². The van der Waals surface area contributed by atoms with Gasteiger partial charge in [-0.15, -0.1) is 23.1 Å². The first kappa shape index (κ1) is 13.8. The number of halogens is 1. The molecule has 2 aliphatic heterocycles. The Morgan fingerprint density at radius 1 is 1.14 bits per heavy atom. The molecule has 2 unspecified atom stereocenters. The van der Waals surface area contributed by atoms with E-state index in [4.69, 9.17) is 0 Å². The van der Waals surface area contributed by atoms with Crippen LogP contribution in [0.25, 0.3) is 0 Å². The van der Waals surface area contributed by atoms with Gasteiger partial charge in [-0.3, -0.25) is 9.69 Å². The van der Waals surface area contributed by atoms with Gasteiger partial charge < -0.3 is 0 Å². The number of hydrogen-bond donors (Lipinski definition) is 0. The first-order valence-corrected chi connectivity index (χ1v) is 8.66. The molecule has 1 aromatic carbocycles. The van der Waals surface area contributed by atoms with Gasteiger partial charge in [-0.1, -0.05) is 6.07 Å². The van der Waals surface area contributed by atoms with E-state index >= 15 is 0 Å². The molecule has 22 heavy (non-hydrogen) atoms. The van der Waals surface area contributed by atoms with Crippen molar-refractivity contribution >= 4 is 40.7 Å². The number of nitrogens with zero attached hydrogens (tertiary/aromatic N) is 2. The molecule has 3 heterocycles. The first-order valence-electron chi connectivity index (χ1n) is 6.73. The van der Waals surface area contributed by atoms with Crippen LogP contribution in [-0.4, -0.2) is 28.6 Å². The lowest BCUT2D eigenvalue weighted by Crippen LogP contribution is -2.33. The Balaban J connectivity index is 1.69. The molecule has 0 N–H and O–H groups in total. The van der Waals surface area contributed by atoms with Crippen LogP contribution in [-0.2, 0) is 4.79 Å². The van der Waals surface area contributed by atoms with Gasteiger partial charge in [0.25, 0.3) is 5.91 Å². The standard InChI is InChI=1S/C15H11FN2O2S2/c16-9-3-5-10(6-4-9)17-13(19)11-8-22-14(18(11)15(17)20)12-2-1-7-21-12/h1-7,11,14H,8H2. The zero-order valence-electron chi connectivity index (χ0n) is 11.3. The van der Waals surface area contributed by atoms with Crippen molar-refractivity contribution in [3.05, 3.63) is 52.5 Å². The van der Waals surface area contributed by atoms with Gasteiger partial charge in [-0.25, -0.2) is 14.1 Å². The number of urea groups is 1. The van der Waals surface area contributed by atoms with Gasteiger partial charge in [-0.2, -0.15) is 0 Å². The highest BCUT2D eigenvalue weighted by molar-refractivity contribution is 7.99. The van der Waals surface area contributed by atoms with Crippen molar-refractivity contribution in [1.82, 2.24) is 4.90 Å². The first-order chi connectivity index (χ1) is 10.7. The number of carbonyl (C=O) groups excluding carboxylic acids is 2. The van der Waals surface area contributed by atoms with Crippen molar-refractivity contribution in [3.8, 4) is 0 Å². The fourth-order valence-corrected chi connectivity index (χ4v) is 5.15. The lowest BCUT2D eigenvalue weighted by molar-refractivity contribution is -0.119. The van der Waals surface area contributed by atoms with Crippen LogP contribution in [0.1, 0.15) is 10.3 Å². The zero-order valence-corrected chi connectivity index (χ0v) is 12.9. The molecular formula is C15H11FN2O2S2. The summed E-state index contributed by atoms with van der Waals surface area (Å²) >= 11 is 3.18. The summed E-state index contributed by atoms with van der Waals surface area (Å²) in [6.45, 7) is 0. The Hall–Kier alpha value is -1.86. The highest BCUT2D eigenvalue weighted by Crippen LogP contribution is 2.47. The number of rotatable bonds is 2. The third kappa shape index (κ3) is 1.96. The molecule has 2 aromatic rings. The third-order valence-corrected chi connectivity index (χ3v) is 6.17. The van der Waals surface area contributed by atoms with E-state index in [2.05, 4.69) is 0 Å². The second kappa shape index (κ2) is 5.10. The molecule has 0 aliphatic carbocycles. The monoisotopic (exact) mass is 334 g/mol. The Labute approximate surface area is 134 Å². The molecule has 0 radical (unpaired) electrons.